The Morgan fingerprint density at radius 3 is 2.29 bits per heavy atom. The van der Waals surface area contributed by atoms with Gasteiger partial charge in [0.25, 0.3) is 5.91 Å². The van der Waals surface area contributed by atoms with Gasteiger partial charge in [0.15, 0.2) is 9.84 Å². The fourth-order valence-corrected chi connectivity index (χ4v) is 3.66. The summed E-state index contributed by atoms with van der Waals surface area (Å²) in [7, 11) is -3.22. The normalized spacial score (nSPS) is 12.6. The van der Waals surface area contributed by atoms with Crippen molar-refractivity contribution in [1.82, 2.24) is 5.32 Å². The number of benzene rings is 2. The average molecular weight is 364 g/mol. The van der Waals surface area contributed by atoms with E-state index in [1.807, 2.05) is 31.4 Å². The molecule has 0 unspecified atom stereocenters. The third kappa shape index (κ3) is 4.39. The van der Waals surface area contributed by atoms with Crippen LogP contribution in [-0.2, 0) is 9.84 Å². The second-order valence-electron chi connectivity index (χ2n) is 5.48. The van der Waals surface area contributed by atoms with E-state index in [0.29, 0.717) is 12.0 Å². The molecule has 0 aliphatic heterocycles. The van der Waals surface area contributed by atoms with E-state index in [-0.39, 0.29) is 16.8 Å². The molecule has 0 heterocycles. The van der Waals surface area contributed by atoms with Gasteiger partial charge in [-0.2, -0.15) is 0 Å². The molecule has 1 atom stereocenters. The monoisotopic (exact) mass is 363 g/mol. The lowest BCUT2D eigenvalue weighted by molar-refractivity contribution is 0.0932. The van der Waals surface area contributed by atoms with Gasteiger partial charge < -0.3 is 5.32 Å². The van der Waals surface area contributed by atoms with Crippen LogP contribution in [0, 0.1) is 0 Å². The maximum Gasteiger partial charge on any atom is 0.252 e. The summed E-state index contributed by atoms with van der Waals surface area (Å²) in [5, 5.41) is 3.03. The fraction of sp³-hybridized carbons (Fsp3) is 0.278. The number of sulfone groups is 1. The largest absolute Gasteiger partial charge is 0.345 e. The lowest BCUT2D eigenvalue weighted by Gasteiger charge is -2.18. The molecule has 2 aromatic rings. The quantitative estimate of drug-likeness (QED) is 0.795. The maximum atomic E-state index is 12.6. The summed E-state index contributed by atoms with van der Waals surface area (Å²) in [6.45, 7) is 1.98. The second-order valence-corrected chi connectivity index (χ2v) is 8.34. The van der Waals surface area contributed by atoms with Crippen LogP contribution < -0.4 is 5.32 Å². The van der Waals surface area contributed by atoms with Crippen molar-refractivity contribution in [2.75, 3.05) is 12.5 Å². The van der Waals surface area contributed by atoms with Crippen LogP contribution >= 0.6 is 11.8 Å². The summed E-state index contributed by atoms with van der Waals surface area (Å²) >= 11 is 1.53. The zero-order valence-electron chi connectivity index (χ0n) is 13.9. The molecule has 0 aliphatic carbocycles. The van der Waals surface area contributed by atoms with Gasteiger partial charge in [-0.25, -0.2) is 8.42 Å². The molecule has 6 heteroatoms. The number of carbonyl (C=O) groups is 1. The van der Waals surface area contributed by atoms with E-state index in [1.54, 1.807) is 30.3 Å². The first-order valence-electron chi connectivity index (χ1n) is 7.60. The minimum Gasteiger partial charge on any atom is -0.345 e. The maximum absolute atomic E-state index is 12.6. The fourth-order valence-electron chi connectivity index (χ4n) is 2.44. The van der Waals surface area contributed by atoms with Crippen molar-refractivity contribution in [3.63, 3.8) is 0 Å². The highest BCUT2D eigenvalue weighted by Crippen LogP contribution is 2.23. The van der Waals surface area contributed by atoms with E-state index in [4.69, 9.17) is 0 Å². The number of nitrogens with one attached hydrogen (secondary N) is 1. The van der Waals surface area contributed by atoms with Gasteiger partial charge in [0.1, 0.15) is 0 Å². The van der Waals surface area contributed by atoms with Gasteiger partial charge in [0, 0.05) is 11.2 Å². The predicted octanol–water partition coefficient (Wildman–Crippen LogP) is 3.69. The Kier molecular flexibility index (Phi) is 6.07. The highest BCUT2D eigenvalue weighted by Gasteiger charge is 2.17. The Morgan fingerprint density at radius 2 is 1.75 bits per heavy atom. The van der Waals surface area contributed by atoms with Gasteiger partial charge in [-0.15, -0.1) is 11.8 Å². The number of hydrogen-bond acceptors (Lipinski definition) is 4. The molecular formula is C18H21NO3S2. The molecule has 0 saturated heterocycles. The van der Waals surface area contributed by atoms with Crippen LogP contribution in [0.3, 0.4) is 0 Å². The Hall–Kier alpha value is -1.79. The molecule has 0 spiro atoms. The van der Waals surface area contributed by atoms with E-state index in [0.717, 1.165) is 10.5 Å². The first kappa shape index (κ1) is 18.5. The minimum absolute atomic E-state index is 0.126. The van der Waals surface area contributed by atoms with E-state index in [2.05, 4.69) is 5.32 Å². The number of thioether (sulfide) groups is 1. The van der Waals surface area contributed by atoms with Gasteiger partial charge in [-0.05, 0) is 42.5 Å². The zero-order valence-corrected chi connectivity index (χ0v) is 15.6. The summed E-state index contributed by atoms with van der Waals surface area (Å²) < 4.78 is 23.1. The van der Waals surface area contributed by atoms with Crippen LogP contribution in [0.25, 0.3) is 0 Å². The molecular weight excluding hydrogens is 342 g/mol. The highest BCUT2D eigenvalue weighted by molar-refractivity contribution is 7.98. The number of amides is 1. The van der Waals surface area contributed by atoms with Crippen LogP contribution in [0.15, 0.2) is 58.3 Å². The van der Waals surface area contributed by atoms with Crippen LogP contribution in [0.1, 0.15) is 35.3 Å². The van der Waals surface area contributed by atoms with Crippen molar-refractivity contribution in [3.05, 3.63) is 59.7 Å². The topological polar surface area (TPSA) is 63.2 Å². The van der Waals surface area contributed by atoms with Crippen molar-refractivity contribution in [2.45, 2.75) is 29.2 Å². The molecule has 0 aliphatic rings. The molecule has 0 fully saturated rings. The first-order chi connectivity index (χ1) is 11.4. The molecule has 128 valence electrons. The summed E-state index contributed by atoms with van der Waals surface area (Å²) in [6.07, 6.45) is 3.83. The van der Waals surface area contributed by atoms with E-state index in [1.165, 1.54) is 18.0 Å². The molecule has 1 amide bonds. The van der Waals surface area contributed by atoms with Gasteiger partial charge in [0.05, 0.1) is 16.5 Å². The smallest absolute Gasteiger partial charge is 0.252 e. The zero-order chi connectivity index (χ0) is 17.7. The Balaban J connectivity index is 2.21. The predicted molar refractivity (Wildman–Crippen MR) is 98.3 cm³/mol. The molecule has 0 radical (unpaired) electrons. The van der Waals surface area contributed by atoms with Gasteiger partial charge >= 0.3 is 0 Å². The molecule has 4 nitrogen and oxygen atoms in total. The third-order valence-electron chi connectivity index (χ3n) is 3.78. The first-order valence-corrected chi connectivity index (χ1v) is 10.7. The van der Waals surface area contributed by atoms with Crippen LogP contribution in [-0.4, -0.2) is 26.8 Å². The third-order valence-corrected chi connectivity index (χ3v) is 5.70. The second kappa shape index (κ2) is 7.85. The number of carbonyl (C=O) groups excluding carboxylic acids is 1. The van der Waals surface area contributed by atoms with Crippen molar-refractivity contribution >= 4 is 27.5 Å². The Labute approximate surface area is 147 Å². The van der Waals surface area contributed by atoms with Crippen molar-refractivity contribution in [1.29, 1.82) is 0 Å². The summed E-state index contributed by atoms with van der Waals surface area (Å²) in [6, 6.07) is 14.0. The van der Waals surface area contributed by atoms with Gasteiger partial charge in [0.2, 0.25) is 0 Å². The molecule has 1 N–H and O–H groups in total. The van der Waals surface area contributed by atoms with Crippen molar-refractivity contribution in [2.24, 2.45) is 0 Å². The Bertz CT molecular complexity index is 814. The lowest BCUT2D eigenvalue weighted by Crippen LogP contribution is -2.28. The SMILES string of the molecule is CC[C@@H](NC(=O)c1ccccc1SC)c1ccc(S(C)(=O)=O)cc1. The average Bonchev–Trinajstić information content (AvgIpc) is 2.58. The van der Waals surface area contributed by atoms with Crippen molar-refractivity contribution in [3.8, 4) is 0 Å². The number of hydrogen-bond donors (Lipinski definition) is 1. The van der Waals surface area contributed by atoms with Crippen LogP contribution in [0.2, 0.25) is 0 Å². The summed E-state index contributed by atoms with van der Waals surface area (Å²) in [5.74, 6) is -0.126. The summed E-state index contributed by atoms with van der Waals surface area (Å²) in [5.41, 5.74) is 1.54. The Morgan fingerprint density at radius 1 is 1.12 bits per heavy atom. The molecule has 0 aromatic heterocycles. The van der Waals surface area contributed by atoms with E-state index < -0.39 is 9.84 Å². The number of rotatable bonds is 6. The van der Waals surface area contributed by atoms with Crippen molar-refractivity contribution < 1.29 is 13.2 Å². The molecule has 0 saturated carbocycles. The molecule has 24 heavy (non-hydrogen) atoms. The minimum atomic E-state index is -3.22. The molecule has 0 bridgehead atoms. The molecule has 2 aromatic carbocycles. The molecule has 2 rings (SSSR count). The highest BCUT2D eigenvalue weighted by atomic mass is 32.2. The summed E-state index contributed by atoms with van der Waals surface area (Å²) in [4.78, 5) is 13.8. The van der Waals surface area contributed by atoms with Gasteiger partial charge in [-0.1, -0.05) is 31.2 Å². The van der Waals surface area contributed by atoms with E-state index in [9.17, 15) is 13.2 Å². The van der Waals surface area contributed by atoms with Crippen LogP contribution in [0.5, 0.6) is 0 Å². The van der Waals surface area contributed by atoms with E-state index >= 15 is 0 Å². The lowest BCUT2D eigenvalue weighted by atomic mass is 10.0. The van der Waals surface area contributed by atoms with Crippen LogP contribution in [0.4, 0.5) is 0 Å². The standard InChI is InChI=1S/C18H21NO3S2/c1-4-16(13-9-11-14(12-10-13)24(3,21)22)19-18(20)15-7-5-6-8-17(15)23-2/h5-12,16H,4H2,1-3H3,(H,19,20)/t16-/m1/s1. The van der Waals surface area contributed by atoms with Gasteiger partial charge in [-0.3, -0.25) is 4.79 Å².